The number of ether oxygens (including phenoxy) is 2. The van der Waals surface area contributed by atoms with E-state index in [2.05, 4.69) is 25.9 Å². The minimum Gasteiger partial charge on any atom is -0.481 e. The Hall–Kier alpha value is -1.78. The number of amides is 1. The Morgan fingerprint density at radius 1 is 1.23 bits per heavy atom. The molecule has 8 nitrogen and oxygen atoms in total. The molecule has 0 fully saturated rings. The molecule has 0 radical (unpaired) electrons. The zero-order valence-electron chi connectivity index (χ0n) is 16.1. The van der Waals surface area contributed by atoms with E-state index in [0.29, 0.717) is 31.5 Å². The number of aliphatic imine (C=N–C) groups is 1. The van der Waals surface area contributed by atoms with Gasteiger partial charge in [0.1, 0.15) is 5.60 Å². The topological polar surface area (TPSA) is 96.9 Å². The van der Waals surface area contributed by atoms with Crippen molar-refractivity contribution in [3.05, 3.63) is 23.9 Å². The van der Waals surface area contributed by atoms with Crippen molar-refractivity contribution in [3.63, 3.8) is 0 Å². The van der Waals surface area contributed by atoms with Gasteiger partial charge in [-0.15, -0.1) is 24.0 Å². The normalized spacial score (nSPS) is 11.2. The number of alkyl carbamates (subject to hydrolysis) is 1. The Labute approximate surface area is 172 Å². The predicted octanol–water partition coefficient (Wildman–Crippen LogP) is 2.29. The second-order valence-corrected chi connectivity index (χ2v) is 6.31. The molecule has 1 amide bonds. The van der Waals surface area contributed by atoms with E-state index in [4.69, 9.17) is 9.47 Å². The molecular formula is C17H30IN5O3. The van der Waals surface area contributed by atoms with Gasteiger partial charge in [0.2, 0.25) is 5.88 Å². The molecule has 0 aliphatic heterocycles. The molecule has 26 heavy (non-hydrogen) atoms. The quantitative estimate of drug-likeness (QED) is 0.240. The second kappa shape index (κ2) is 12.6. The van der Waals surface area contributed by atoms with E-state index in [-0.39, 0.29) is 24.0 Å². The van der Waals surface area contributed by atoms with Gasteiger partial charge in [0.05, 0.1) is 7.11 Å². The second-order valence-electron chi connectivity index (χ2n) is 6.31. The van der Waals surface area contributed by atoms with Crippen molar-refractivity contribution in [2.75, 3.05) is 27.2 Å². The van der Waals surface area contributed by atoms with Crippen LogP contribution in [0.15, 0.2) is 23.3 Å². The highest BCUT2D eigenvalue weighted by Crippen LogP contribution is 2.12. The third-order valence-electron chi connectivity index (χ3n) is 3.03. The third-order valence-corrected chi connectivity index (χ3v) is 3.03. The lowest BCUT2D eigenvalue weighted by Crippen LogP contribution is -2.39. The SMILES string of the molecule is CN=C(NCCCNC(=O)OC(C)(C)C)NCc1cccnc1OC.I. The van der Waals surface area contributed by atoms with Crippen LogP contribution in [0.5, 0.6) is 5.88 Å². The Bertz CT molecular complexity index is 576. The molecule has 3 N–H and O–H groups in total. The van der Waals surface area contributed by atoms with Gasteiger partial charge in [-0.3, -0.25) is 4.99 Å². The molecule has 0 unspecified atom stereocenters. The van der Waals surface area contributed by atoms with Crippen molar-refractivity contribution in [1.29, 1.82) is 0 Å². The summed E-state index contributed by atoms with van der Waals surface area (Å²) >= 11 is 0. The molecule has 0 saturated heterocycles. The minimum absolute atomic E-state index is 0. The smallest absolute Gasteiger partial charge is 0.407 e. The molecule has 148 valence electrons. The van der Waals surface area contributed by atoms with Gasteiger partial charge in [-0.1, -0.05) is 6.07 Å². The summed E-state index contributed by atoms with van der Waals surface area (Å²) in [5, 5.41) is 9.10. The average molecular weight is 479 g/mol. The number of halogens is 1. The van der Waals surface area contributed by atoms with Gasteiger partial charge in [0.25, 0.3) is 0 Å². The highest BCUT2D eigenvalue weighted by molar-refractivity contribution is 14.0. The van der Waals surface area contributed by atoms with Crippen LogP contribution in [0, 0.1) is 0 Å². The first-order valence-electron chi connectivity index (χ1n) is 8.25. The van der Waals surface area contributed by atoms with Gasteiger partial charge in [0.15, 0.2) is 5.96 Å². The highest BCUT2D eigenvalue weighted by atomic mass is 127. The number of carbonyl (C=O) groups excluding carboxylic acids is 1. The van der Waals surface area contributed by atoms with Gasteiger partial charge >= 0.3 is 6.09 Å². The van der Waals surface area contributed by atoms with Crippen molar-refractivity contribution >= 4 is 36.0 Å². The summed E-state index contributed by atoms with van der Waals surface area (Å²) in [5.41, 5.74) is 0.460. The molecule has 1 rings (SSSR count). The molecule has 1 heterocycles. The number of nitrogens with zero attached hydrogens (tertiary/aromatic N) is 2. The first kappa shape index (κ1) is 24.2. The van der Waals surface area contributed by atoms with E-state index >= 15 is 0 Å². The van der Waals surface area contributed by atoms with Crippen molar-refractivity contribution in [3.8, 4) is 5.88 Å². The van der Waals surface area contributed by atoms with Crippen LogP contribution >= 0.6 is 24.0 Å². The number of methoxy groups -OCH3 is 1. The maximum absolute atomic E-state index is 11.5. The van der Waals surface area contributed by atoms with Crippen LogP contribution in [-0.4, -0.2) is 49.9 Å². The van der Waals surface area contributed by atoms with Gasteiger partial charge in [0, 0.05) is 38.4 Å². The van der Waals surface area contributed by atoms with Crippen molar-refractivity contribution in [2.45, 2.75) is 39.3 Å². The third kappa shape index (κ3) is 10.3. The molecule has 1 aromatic heterocycles. The standard InChI is InChI=1S/C17H29N5O3.HI/c1-17(2,3)25-16(23)21-11-7-10-20-15(18-4)22-12-13-8-6-9-19-14(13)24-5;/h6,8-9H,7,10-12H2,1-5H3,(H,21,23)(H2,18,20,22);1H. The maximum atomic E-state index is 11.5. The highest BCUT2D eigenvalue weighted by Gasteiger charge is 2.15. The Balaban J connectivity index is 0.00000625. The molecule has 9 heteroatoms. The van der Waals surface area contributed by atoms with Gasteiger partial charge < -0.3 is 25.4 Å². The van der Waals surface area contributed by atoms with E-state index in [1.54, 1.807) is 20.4 Å². The Morgan fingerprint density at radius 3 is 2.54 bits per heavy atom. The largest absolute Gasteiger partial charge is 0.481 e. The monoisotopic (exact) mass is 479 g/mol. The number of carbonyl (C=O) groups is 1. The number of hydrogen-bond donors (Lipinski definition) is 3. The van der Waals surface area contributed by atoms with Crippen LogP contribution in [0.2, 0.25) is 0 Å². The maximum Gasteiger partial charge on any atom is 0.407 e. The summed E-state index contributed by atoms with van der Waals surface area (Å²) in [6.07, 6.45) is 2.03. The molecular weight excluding hydrogens is 449 g/mol. The van der Waals surface area contributed by atoms with Gasteiger partial charge in [-0.2, -0.15) is 0 Å². The number of hydrogen-bond acceptors (Lipinski definition) is 5. The van der Waals surface area contributed by atoms with Crippen LogP contribution < -0.4 is 20.7 Å². The van der Waals surface area contributed by atoms with E-state index in [9.17, 15) is 4.79 Å². The minimum atomic E-state index is -0.484. The van der Waals surface area contributed by atoms with E-state index in [1.165, 1.54) is 0 Å². The fourth-order valence-electron chi connectivity index (χ4n) is 1.94. The number of nitrogens with one attached hydrogen (secondary N) is 3. The first-order chi connectivity index (χ1) is 11.9. The number of pyridine rings is 1. The van der Waals surface area contributed by atoms with E-state index in [1.807, 2.05) is 32.9 Å². The fourth-order valence-corrected chi connectivity index (χ4v) is 1.94. The molecule has 0 bridgehead atoms. The fraction of sp³-hybridized carbons (Fsp3) is 0.588. The molecule has 0 aromatic carbocycles. The molecule has 0 spiro atoms. The summed E-state index contributed by atoms with van der Waals surface area (Å²) in [6.45, 7) is 7.24. The summed E-state index contributed by atoms with van der Waals surface area (Å²) in [7, 11) is 3.30. The van der Waals surface area contributed by atoms with Crippen LogP contribution in [0.1, 0.15) is 32.8 Å². The zero-order chi connectivity index (χ0) is 18.7. The number of rotatable bonds is 7. The van der Waals surface area contributed by atoms with Gasteiger partial charge in [-0.05, 0) is 33.3 Å². The lowest BCUT2D eigenvalue weighted by atomic mass is 10.2. The Kier molecular flexibility index (Phi) is 11.7. The van der Waals surface area contributed by atoms with Crippen molar-refractivity contribution in [2.24, 2.45) is 4.99 Å². The molecule has 0 atom stereocenters. The summed E-state index contributed by atoms with van der Waals surface area (Å²) in [6, 6.07) is 3.80. The Morgan fingerprint density at radius 2 is 1.92 bits per heavy atom. The lowest BCUT2D eigenvalue weighted by molar-refractivity contribution is 0.0527. The predicted molar refractivity (Wildman–Crippen MR) is 113 cm³/mol. The summed E-state index contributed by atoms with van der Waals surface area (Å²) in [4.78, 5) is 19.8. The first-order valence-corrected chi connectivity index (χ1v) is 8.25. The summed E-state index contributed by atoms with van der Waals surface area (Å²) in [5.74, 6) is 1.26. The van der Waals surface area contributed by atoms with Crippen molar-refractivity contribution < 1.29 is 14.3 Å². The van der Waals surface area contributed by atoms with Crippen molar-refractivity contribution in [1.82, 2.24) is 20.9 Å². The molecule has 1 aromatic rings. The van der Waals surface area contributed by atoms with E-state index < -0.39 is 11.7 Å². The van der Waals surface area contributed by atoms with E-state index in [0.717, 1.165) is 12.0 Å². The summed E-state index contributed by atoms with van der Waals surface area (Å²) < 4.78 is 10.4. The average Bonchev–Trinajstić information content (AvgIpc) is 2.56. The molecule has 0 saturated carbocycles. The molecule has 0 aliphatic carbocycles. The van der Waals surface area contributed by atoms with Crippen LogP contribution in [0.3, 0.4) is 0 Å². The zero-order valence-corrected chi connectivity index (χ0v) is 18.4. The van der Waals surface area contributed by atoms with Gasteiger partial charge in [-0.25, -0.2) is 9.78 Å². The lowest BCUT2D eigenvalue weighted by Gasteiger charge is -2.19. The molecule has 0 aliphatic rings. The van der Waals surface area contributed by atoms with Crippen LogP contribution in [-0.2, 0) is 11.3 Å². The van der Waals surface area contributed by atoms with Crippen LogP contribution in [0.25, 0.3) is 0 Å². The number of guanidine groups is 1. The number of aromatic nitrogens is 1. The van der Waals surface area contributed by atoms with Crippen LogP contribution in [0.4, 0.5) is 4.79 Å².